The monoisotopic (exact) mass is 274 g/mol. The normalized spacial score (nSPS) is 10.3. The first-order valence-electron chi connectivity index (χ1n) is 6.47. The lowest BCUT2D eigenvalue weighted by Crippen LogP contribution is -1.96. The summed E-state index contributed by atoms with van der Waals surface area (Å²) in [7, 11) is 3.12. The number of aldehydes is 1. The summed E-state index contributed by atoms with van der Waals surface area (Å²) < 4.78 is 12.4. The molecule has 1 aromatic carbocycles. The van der Waals surface area contributed by atoms with Gasteiger partial charge in [0.25, 0.3) is 0 Å². The lowest BCUT2D eigenvalue weighted by atomic mass is 10.0. The molecule has 2 rings (SSSR count). The maximum absolute atomic E-state index is 11.3. The Morgan fingerprint density at radius 3 is 2.55 bits per heavy atom. The first-order valence-corrected chi connectivity index (χ1v) is 6.47. The number of carbonyl (C=O) groups excluding carboxylic acids is 1. The number of rotatable bonds is 6. The molecule has 0 aliphatic heterocycles. The summed E-state index contributed by atoms with van der Waals surface area (Å²) >= 11 is 0. The van der Waals surface area contributed by atoms with Crippen LogP contribution in [0.5, 0.6) is 11.5 Å². The molecule has 0 saturated carbocycles. The first kappa shape index (κ1) is 14.1. The molecule has 1 heterocycles. The highest BCUT2D eigenvalue weighted by molar-refractivity contribution is 5.89. The number of hydrogen-bond donors (Lipinski definition) is 0. The zero-order valence-corrected chi connectivity index (χ0v) is 11.9. The van der Waals surface area contributed by atoms with Crippen LogP contribution in [0.25, 0.3) is 11.1 Å². The van der Waals surface area contributed by atoms with Gasteiger partial charge in [-0.25, -0.2) is 0 Å². The van der Waals surface area contributed by atoms with Gasteiger partial charge in [-0.3, -0.25) is 9.48 Å². The molecule has 0 unspecified atom stereocenters. The Labute approximate surface area is 118 Å². The van der Waals surface area contributed by atoms with Crippen molar-refractivity contribution in [2.45, 2.75) is 19.9 Å². The van der Waals surface area contributed by atoms with E-state index in [1.165, 1.54) is 0 Å². The molecule has 1 aromatic heterocycles. The van der Waals surface area contributed by atoms with Crippen LogP contribution in [0.4, 0.5) is 0 Å². The van der Waals surface area contributed by atoms with E-state index in [9.17, 15) is 4.79 Å². The van der Waals surface area contributed by atoms with E-state index in [-0.39, 0.29) is 0 Å². The largest absolute Gasteiger partial charge is 0.493 e. The quantitative estimate of drug-likeness (QED) is 0.760. The van der Waals surface area contributed by atoms with Gasteiger partial charge in [0.15, 0.2) is 17.8 Å². The van der Waals surface area contributed by atoms with Gasteiger partial charge in [-0.15, -0.1) is 0 Å². The van der Waals surface area contributed by atoms with Crippen LogP contribution in [0, 0.1) is 0 Å². The zero-order valence-electron chi connectivity index (χ0n) is 11.9. The Morgan fingerprint density at radius 2 is 1.95 bits per heavy atom. The Kier molecular flexibility index (Phi) is 4.40. The van der Waals surface area contributed by atoms with Gasteiger partial charge >= 0.3 is 0 Å². The Hall–Kier alpha value is -2.30. The third kappa shape index (κ3) is 2.66. The summed E-state index contributed by atoms with van der Waals surface area (Å²) in [6, 6.07) is 3.48. The van der Waals surface area contributed by atoms with Gasteiger partial charge in [-0.1, -0.05) is 6.92 Å². The molecule has 0 spiro atoms. The molecule has 0 saturated heterocycles. The second-order valence-electron chi connectivity index (χ2n) is 4.40. The highest BCUT2D eigenvalue weighted by atomic mass is 16.5. The third-order valence-electron chi connectivity index (χ3n) is 3.08. The minimum Gasteiger partial charge on any atom is -0.493 e. The maximum atomic E-state index is 11.3. The molecule has 0 aliphatic rings. The van der Waals surface area contributed by atoms with Crippen molar-refractivity contribution in [1.29, 1.82) is 0 Å². The summed E-state index contributed by atoms with van der Waals surface area (Å²) in [5.74, 6) is 1.13. The molecular formula is C15H18N2O3. The van der Waals surface area contributed by atoms with Gasteiger partial charge in [-0.2, -0.15) is 5.10 Å². The van der Waals surface area contributed by atoms with E-state index in [1.54, 1.807) is 32.5 Å². The molecule has 106 valence electrons. The third-order valence-corrected chi connectivity index (χ3v) is 3.08. The number of ether oxygens (including phenoxy) is 2. The van der Waals surface area contributed by atoms with Crippen LogP contribution >= 0.6 is 0 Å². The second-order valence-corrected chi connectivity index (χ2v) is 4.40. The number of hydrogen-bond acceptors (Lipinski definition) is 4. The smallest absolute Gasteiger partial charge is 0.161 e. The molecular weight excluding hydrogens is 256 g/mol. The summed E-state index contributed by atoms with van der Waals surface area (Å²) in [6.45, 7) is 2.94. The summed E-state index contributed by atoms with van der Waals surface area (Å²) in [5, 5.41) is 4.28. The van der Waals surface area contributed by atoms with Crippen LogP contribution in [0.15, 0.2) is 24.5 Å². The van der Waals surface area contributed by atoms with Crippen LogP contribution in [0.2, 0.25) is 0 Å². The zero-order chi connectivity index (χ0) is 14.5. The van der Waals surface area contributed by atoms with E-state index in [4.69, 9.17) is 9.47 Å². The fourth-order valence-electron chi connectivity index (χ4n) is 2.10. The van der Waals surface area contributed by atoms with Crippen molar-refractivity contribution in [3.8, 4) is 22.6 Å². The average molecular weight is 274 g/mol. The molecule has 5 nitrogen and oxygen atoms in total. The second kappa shape index (κ2) is 6.23. The highest BCUT2D eigenvalue weighted by Gasteiger charge is 2.13. The molecule has 0 aliphatic carbocycles. The number of carbonyl (C=O) groups is 1. The van der Waals surface area contributed by atoms with E-state index < -0.39 is 0 Å². The van der Waals surface area contributed by atoms with Gasteiger partial charge in [0.1, 0.15) is 0 Å². The van der Waals surface area contributed by atoms with Crippen LogP contribution in [-0.4, -0.2) is 30.3 Å². The Balaban J connectivity index is 2.50. The standard InChI is InChI=1S/C15H18N2O3/c1-4-5-17-9-12(8-16-17)13-7-15(20-3)14(19-2)6-11(13)10-18/h6-10H,4-5H2,1-3H3. The summed E-state index contributed by atoms with van der Waals surface area (Å²) in [5.41, 5.74) is 2.24. The number of aromatic nitrogens is 2. The minimum absolute atomic E-state index is 0.541. The van der Waals surface area contributed by atoms with Gasteiger partial charge in [-0.05, 0) is 24.1 Å². The summed E-state index contributed by atoms with van der Waals surface area (Å²) in [4.78, 5) is 11.3. The van der Waals surface area contributed by atoms with Crippen molar-refractivity contribution in [3.05, 3.63) is 30.1 Å². The van der Waals surface area contributed by atoms with E-state index >= 15 is 0 Å². The summed E-state index contributed by atoms with van der Waals surface area (Å²) in [6.07, 6.45) is 5.50. The minimum atomic E-state index is 0.541. The lowest BCUT2D eigenvalue weighted by molar-refractivity contribution is 0.112. The van der Waals surface area contributed by atoms with Crippen molar-refractivity contribution in [2.24, 2.45) is 0 Å². The van der Waals surface area contributed by atoms with Gasteiger partial charge in [0.2, 0.25) is 0 Å². The van der Waals surface area contributed by atoms with Crippen molar-refractivity contribution in [2.75, 3.05) is 14.2 Å². The van der Waals surface area contributed by atoms with Gasteiger partial charge in [0, 0.05) is 23.9 Å². The predicted molar refractivity (Wildman–Crippen MR) is 76.4 cm³/mol. The van der Waals surface area contributed by atoms with Gasteiger partial charge in [0.05, 0.1) is 20.4 Å². The highest BCUT2D eigenvalue weighted by Crippen LogP contribution is 2.34. The van der Waals surface area contributed by atoms with Crippen molar-refractivity contribution in [3.63, 3.8) is 0 Å². The van der Waals surface area contributed by atoms with E-state index in [0.717, 1.165) is 30.4 Å². The number of methoxy groups -OCH3 is 2. The predicted octanol–water partition coefficient (Wildman–Crippen LogP) is 2.79. The number of benzene rings is 1. The van der Waals surface area contributed by atoms with Crippen LogP contribution < -0.4 is 9.47 Å². The Bertz CT molecular complexity index is 605. The van der Waals surface area contributed by atoms with Crippen LogP contribution in [0.3, 0.4) is 0 Å². The van der Waals surface area contributed by atoms with Gasteiger partial charge < -0.3 is 9.47 Å². The molecule has 0 bridgehead atoms. The first-order chi connectivity index (χ1) is 9.73. The average Bonchev–Trinajstić information content (AvgIpc) is 2.94. The Morgan fingerprint density at radius 1 is 1.25 bits per heavy atom. The molecule has 0 N–H and O–H groups in total. The van der Waals surface area contributed by atoms with E-state index in [2.05, 4.69) is 12.0 Å². The van der Waals surface area contributed by atoms with Crippen molar-refractivity contribution < 1.29 is 14.3 Å². The molecule has 5 heteroatoms. The molecule has 0 atom stereocenters. The van der Waals surface area contributed by atoms with E-state index in [1.807, 2.05) is 10.9 Å². The number of aryl methyl sites for hydroxylation is 1. The number of nitrogens with zero attached hydrogens (tertiary/aromatic N) is 2. The van der Waals surface area contributed by atoms with Crippen LogP contribution in [0.1, 0.15) is 23.7 Å². The molecule has 2 aromatic rings. The van der Waals surface area contributed by atoms with E-state index in [0.29, 0.717) is 17.1 Å². The molecule has 0 fully saturated rings. The molecule has 20 heavy (non-hydrogen) atoms. The lowest BCUT2D eigenvalue weighted by Gasteiger charge is -2.11. The van der Waals surface area contributed by atoms with Crippen LogP contribution in [-0.2, 0) is 6.54 Å². The SMILES string of the molecule is CCCn1cc(-c2cc(OC)c(OC)cc2C=O)cn1. The fourth-order valence-corrected chi connectivity index (χ4v) is 2.10. The molecule has 0 radical (unpaired) electrons. The molecule has 0 amide bonds. The maximum Gasteiger partial charge on any atom is 0.161 e. The topological polar surface area (TPSA) is 53.4 Å². The fraction of sp³-hybridized carbons (Fsp3) is 0.333. The van der Waals surface area contributed by atoms with Crippen molar-refractivity contribution in [1.82, 2.24) is 9.78 Å². The van der Waals surface area contributed by atoms with Crippen molar-refractivity contribution >= 4 is 6.29 Å².